The summed E-state index contributed by atoms with van der Waals surface area (Å²) in [5, 5.41) is 32.2. The van der Waals surface area contributed by atoms with E-state index in [4.69, 9.17) is 9.47 Å². The van der Waals surface area contributed by atoms with Crippen LogP contribution < -0.4 is 4.74 Å². The fourth-order valence-corrected chi connectivity index (χ4v) is 3.21. The van der Waals surface area contributed by atoms with Crippen LogP contribution in [0.3, 0.4) is 0 Å². The van der Waals surface area contributed by atoms with Crippen LogP contribution in [0.1, 0.15) is 18.1 Å². The lowest BCUT2D eigenvalue weighted by molar-refractivity contribution is -0.218. The molecule has 5 atom stereocenters. The fraction of sp³-hybridized carbons (Fsp3) is 0.400. The second-order valence-corrected chi connectivity index (χ2v) is 6.74. The molecule has 7 heteroatoms. The maximum Gasteiger partial charge on any atom is 0.229 e. The van der Waals surface area contributed by atoms with Gasteiger partial charge in [-0.3, -0.25) is 0 Å². The van der Waals surface area contributed by atoms with Crippen molar-refractivity contribution in [1.82, 2.24) is 0 Å². The highest BCUT2D eigenvalue weighted by molar-refractivity contribution is 5.38. The van der Waals surface area contributed by atoms with E-state index < -0.39 is 30.5 Å². The van der Waals surface area contributed by atoms with Gasteiger partial charge < -0.3 is 24.8 Å². The number of phenols is 1. The first-order valence-electron chi connectivity index (χ1n) is 8.82. The summed E-state index contributed by atoms with van der Waals surface area (Å²) in [5.74, 6) is 0.254. The lowest BCUT2D eigenvalue weighted by Gasteiger charge is -2.40. The molecule has 0 aromatic heterocycles. The maximum absolute atomic E-state index is 11.3. The Hall–Kier alpha value is -2.48. The molecule has 1 aliphatic rings. The molecule has 0 amide bonds. The summed E-state index contributed by atoms with van der Waals surface area (Å²) in [6.45, 7) is 1.40. The summed E-state index contributed by atoms with van der Waals surface area (Å²) in [4.78, 5) is 11.3. The topological polar surface area (TPSA) is 109 Å². The van der Waals surface area contributed by atoms with E-state index in [1.807, 2.05) is 24.3 Å². The summed E-state index contributed by atoms with van der Waals surface area (Å²) >= 11 is 0. The molecule has 144 valence electrons. The number of aliphatic hydroxyl groups is 2. The smallest absolute Gasteiger partial charge is 0.229 e. The molecule has 0 aliphatic carbocycles. The number of rotatable bonds is 6. The van der Waals surface area contributed by atoms with Gasteiger partial charge in [0.2, 0.25) is 6.29 Å². The summed E-state index contributed by atoms with van der Waals surface area (Å²) in [6, 6.07) is 13.1. The minimum Gasteiger partial charge on any atom is -0.508 e. The Morgan fingerprint density at radius 1 is 1.15 bits per heavy atom. The number of para-hydroxylation sites is 1. The monoisotopic (exact) mass is 373 g/mol. The van der Waals surface area contributed by atoms with Gasteiger partial charge in [-0.15, -0.1) is 0 Å². The Balaban J connectivity index is 1.82. The van der Waals surface area contributed by atoms with Crippen molar-refractivity contribution in [2.24, 2.45) is 11.1 Å². The van der Waals surface area contributed by atoms with Crippen LogP contribution in [-0.2, 0) is 11.2 Å². The second-order valence-electron chi connectivity index (χ2n) is 6.74. The molecule has 2 aromatic carbocycles. The highest BCUT2D eigenvalue weighted by Crippen LogP contribution is 2.31. The van der Waals surface area contributed by atoms with E-state index in [1.165, 1.54) is 0 Å². The van der Waals surface area contributed by atoms with Crippen molar-refractivity contribution in [2.45, 2.75) is 37.9 Å². The average Bonchev–Trinajstić information content (AvgIpc) is 2.68. The highest BCUT2D eigenvalue weighted by atomic mass is 16.7. The quantitative estimate of drug-likeness (QED) is 0.670. The minimum atomic E-state index is -1.09. The van der Waals surface area contributed by atoms with Crippen LogP contribution in [0.25, 0.3) is 0 Å². The molecule has 3 N–H and O–H groups in total. The van der Waals surface area contributed by atoms with Gasteiger partial charge in [0.05, 0.1) is 18.8 Å². The van der Waals surface area contributed by atoms with Gasteiger partial charge in [-0.05, 0) is 29.3 Å². The molecular formula is C20H23NO6. The molecule has 2 aromatic rings. The van der Waals surface area contributed by atoms with Crippen molar-refractivity contribution in [3.63, 3.8) is 0 Å². The van der Waals surface area contributed by atoms with Crippen LogP contribution in [0.5, 0.6) is 11.5 Å². The molecule has 0 spiro atoms. The first-order chi connectivity index (χ1) is 13.0. The molecule has 1 fully saturated rings. The first kappa shape index (κ1) is 19.3. The van der Waals surface area contributed by atoms with Gasteiger partial charge in [-0.2, -0.15) is 4.91 Å². The predicted molar refractivity (Wildman–Crippen MR) is 98.5 cm³/mol. The zero-order chi connectivity index (χ0) is 19.4. The third-order valence-electron chi connectivity index (χ3n) is 4.91. The Labute approximate surface area is 157 Å². The van der Waals surface area contributed by atoms with Gasteiger partial charge in [0.25, 0.3) is 0 Å². The Morgan fingerprint density at radius 3 is 2.52 bits per heavy atom. The molecule has 1 heterocycles. The zero-order valence-electron chi connectivity index (χ0n) is 14.9. The molecule has 0 bridgehead atoms. The molecule has 0 saturated carbocycles. The molecule has 27 heavy (non-hydrogen) atoms. The van der Waals surface area contributed by atoms with Crippen molar-refractivity contribution in [1.29, 1.82) is 0 Å². The number of hydrogen-bond acceptors (Lipinski definition) is 7. The van der Waals surface area contributed by atoms with Crippen LogP contribution in [-0.4, -0.2) is 46.5 Å². The second kappa shape index (κ2) is 8.47. The predicted octanol–water partition coefficient (Wildman–Crippen LogP) is 2.21. The van der Waals surface area contributed by atoms with E-state index >= 15 is 0 Å². The minimum absolute atomic E-state index is 0.192. The molecule has 1 saturated heterocycles. The van der Waals surface area contributed by atoms with Crippen LogP contribution in [0, 0.1) is 10.8 Å². The van der Waals surface area contributed by atoms with E-state index in [9.17, 15) is 20.2 Å². The average molecular weight is 373 g/mol. The van der Waals surface area contributed by atoms with Crippen molar-refractivity contribution in [2.75, 3.05) is 6.61 Å². The molecule has 0 radical (unpaired) electrons. The molecular weight excluding hydrogens is 350 g/mol. The van der Waals surface area contributed by atoms with Gasteiger partial charge in [0.1, 0.15) is 11.5 Å². The fourth-order valence-electron chi connectivity index (χ4n) is 3.21. The van der Waals surface area contributed by atoms with Gasteiger partial charge >= 0.3 is 0 Å². The van der Waals surface area contributed by atoms with E-state index in [2.05, 4.69) is 5.18 Å². The Morgan fingerprint density at radius 2 is 1.85 bits per heavy atom. The number of benzene rings is 2. The summed E-state index contributed by atoms with van der Waals surface area (Å²) in [6.07, 6.45) is -2.26. The van der Waals surface area contributed by atoms with Crippen molar-refractivity contribution in [3.05, 3.63) is 64.6 Å². The van der Waals surface area contributed by atoms with Gasteiger partial charge in [0.15, 0.2) is 6.04 Å². The standard InChI is InChI=1S/C20H23NO6/c1-12-17(11-22)27-20(18(21-25)19(12)24)26-16-5-3-2-4-14(16)10-13-6-8-15(23)9-7-13/h2-9,12,17-20,22-24H,10-11H2,1H3. The number of nitrogens with zero attached hydrogens (tertiary/aromatic N) is 1. The van der Waals surface area contributed by atoms with E-state index in [0.717, 1.165) is 11.1 Å². The summed E-state index contributed by atoms with van der Waals surface area (Å²) in [5.41, 5.74) is 1.82. The molecule has 7 nitrogen and oxygen atoms in total. The summed E-state index contributed by atoms with van der Waals surface area (Å²) < 4.78 is 11.6. The number of hydrogen-bond donors (Lipinski definition) is 3. The molecule has 3 rings (SSSR count). The number of ether oxygens (including phenoxy) is 2. The Bertz CT molecular complexity index is 765. The lowest BCUT2D eigenvalue weighted by atomic mass is 9.90. The van der Waals surface area contributed by atoms with Crippen LogP contribution in [0.15, 0.2) is 53.7 Å². The molecule has 5 unspecified atom stereocenters. The molecule has 1 aliphatic heterocycles. The zero-order valence-corrected chi connectivity index (χ0v) is 14.9. The van der Waals surface area contributed by atoms with Crippen molar-refractivity contribution in [3.8, 4) is 11.5 Å². The van der Waals surface area contributed by atoms with Crippen molar-refractivity contribution >= 4 is 0 Å². The first-order valence-corrected chi connectivity index (χ1v) is 8.82. The largest absolute Gasteiger partial charge is 0.508 e. The normalized spacial score (nSPS) is 27.9. The maximum atomic E-state index is 11.3. The van der Waals surface area contributed by atoms with Crippen LogP contribution in [0.2, 0.25) is 0 Å². The number of phenolic OH excluding ortho intramolecular Hbond substituents is 1. The number of aliphatic hydroxyl groups excluding tert-OH is 2. The third-order valence-corrected chi connectivity index (χ3v) is 4.91. The van der Waals surface area contributed by atoms with Crippen LogP contribution >= 0.6 is 0 Å². The third kappa shape index (κ3) is 4.27. The Kier molecular flexibility index (Phi) is 6.05. The van der Waals surface area contributed by atoms with E-state index in [-0.39, 0.29) is 12.4 Å². The SMILES string of the molecule is CC1C(CO)OC(Oc2ccccc2Cc2ccc(O)cc2)C(N=O)C1O. The van der Waals surface area contributed by atoms with Gasteiger partial charge in [0, 0.05) is 12.3 Å². The summed E-state index contributed by atoms with van der Waals surface area (Å²) in [7, 11) is 0. The van der Waals surface area contributed by atoms with E-state index in [1.54, 1.807) is 31.2 Å². The van der Waals surface area contributed by atoms with E-state index in [0.29, 0.717) is 12.2 Å². The lowest BCUT2D eigenvalue weighted by Crippen LogP contribution is -2.55. The van der Waals surface area contributed by atoms with Crippen molar-refractivity contribution < 1.29 is 24.8 Å². The highest BCUT2D eigenvalue weighted by Gasteiger charge is 2.45. The van der Waals surface area contributed by atoms with Gasteiger partial charge in [-0.1, -0.05) is 42.4 Å². The van der Waals surface area contributed by atoms with Gasteiger partial charge in [-0.25, -0.2) is 0 Å². The number of nitroso groups, excluding NO2 is 1. The number of aromatic hydroxyl groups is 1. The van der Waals surface area contributed by atoms with Crippen LogP contribution in [0.4, 0.5) is 0 Å².